The second-order valence-electron chi connectivity index (χ2n) is 10.6. The third kappa shape index (κ3) is 5.42. The van der Waals surface area contributed by atoms with Crippen LogP contribution < -0.4 is 10.9 Å². The third-order valence-corrected chi connectivity index (χ3v) is 7.99. The molecule has 2 fully saturated rings. The van der Waals surface area contributed by atoms with Gasteiger partial charge in [-0.25, -0.2) is 0 Å². The van der Waals surface area contributed by atoms with Gasteiger partial charge in [0.15, 0.2) is 0 Å². The number of halogens is 3. The zero-order valence-electron chi connectivity index (χ0n) is 20.9. The standard InChI is InChI=1S/C28H31F3N4O2/c1-34-24-12-20(5-6-22(24)7-8-25(34)36)17-35-10-9-27(18-35,13-19-3-2-4-19)26(37)33-15-21-11-23(16-32-14-21)28(29,30)31/h5-8,11-12,14,16,19H,2-4,9-10,13,15,17-18H2,1H3,(H,33,37). The highest BCUT2D eigenvalue weighted by atomic mass is 19.4. The van der Waals surface area contributed by atoms with Crippen molar-refractivity contribution in [1.82, 2.24) is 19.8 Å². The molecule has 1 amide bonds. The number of carbonyl (C=O) groups excluding carboxylic acids is 1. The van der Waals surface area contributed by atoms with Crippen LogP contribution in [-0.4, -0.2) is 33.4 Å². The van der Waals surface area contributed by atoms with E-state index >= 15 is 0 Å². The molecular formula is C28H31F3N4O2. The van der Waals surface area contributed by atoms with Gasteiger partial charge in [-0.3, -0.25) is 19.5 Å². The maximum absolute atomic E-state index is 13.5. The topological polar surface area (TPSA) is 67.2 Å². The first-order valence-corrected chi connectivity index (χ1v) is 12.7. The Hall–Kier alpha value is -3.20. The molecule has 0 spiro atoms. The smallest absolute Gasteiger partial charge is 0.351 e. The molecule has 196 valence electrons. The van der Waals surface area contributed by atoms with Gasteiger partial charge in [0.2, 0.25) is 5.91 Å². The van der Waals surface area contributed by atoms with Gasteiger partial charge < -0.3 is 9.88 Å². The monoisotopic (exact) mass is 512 g/mol. The Morgan fingerprint density at radius 1 is 1.14 bits per heavy atom. The summed E-state index contributed by atoms with van der Waals surface area (Å²) in [5, 5.41) is 3.92. The Balaban J connectivity index is 1.30. The third-order valence-electron chi connectivity index (χ3n) is 7.99. The van der Waals surface area contributed by atoms with Crippen molar-refractivity contribution in [3.63, 3.8) is 0 Å². The van der Waals surface area contributed by atoms with Crippen molar-refractivity contribution in [2.75, 3.05) is 13.1 Å². The fourth-order valence-corrected chi connectivity index (χ4v) is 5.67. The van der Waals surface area contributed by atoms with Gasteiger partial charge in [0, 0.05) is 45.1 Å². The summed E-state index contributed by atoms with van der Waals surface area (Å²) in [6, 6.07) is 10.5. The molecule has 0 radical (unpaired) electrons. The number of carbonyl (C=O) groups is 1. The van der Waals surface area contributed by atoms with Crippen LogP contribution in [0.2, 0.25) is 0 Å². The molecule has 1 saturated carbocycles. The number of rotatable bonds is 7. The van der Waals surface area contributed by atoms with Crippen LogP contribution in [0.3, 0.4) is 0 Å². The number of nitrogens with one attached hydrogen (secondary N) is 1. The summed E-state index contributed by atoms with van der Waals surface area (Å²) in [4.78, 5) is 31.6. The van der Waals surface area contributed by atoms with Crippen LogP contribution in [0.5, 0.6) is 0 Å². The number of aryl methyl sites for hydroxylation is 1. The molecule has 1 aliphatic heterocycles. The highest BCUT2D eigenvalue weighted by molar-refractivity contribution is 5.83. The number of benzene rings is 1. The first kappa shape index (κ1) is 25.4. The number of hydrogen-bond donors (Lipinski definition) is 1. The Kier molecular flexibility index (Phi) is 6.83. The second kappa shape index (κ2) is 9.93. The molecule has 1 aliphatic carbocycles. The molecule has 2 aliphatic rings. The number of amides is 1. The summed E-state index contributed by atoms with van der Waals surface area (Å²) in [5.74, 6) is 0.413. The average Bonchev–Trinajstić information content (AvgIpc) is 3.26. The lowest BCUT2D eigenvalue weighted by molar-refractivity contribution is -0.137. The highest BCUT2D eigenvalue weighted by Gasteiger charge is 2.46. The van der Waals surface area contributed by atoms with Crippen molar-refractivity contribution < 1.29 is 18.0 Å². The van der Waals surface area contributed by atoms with Gasteiger partial charge in [-0.05, 0) is 60.0 Å². The first-order valence-electron chi connectivity index (χ1n) is 12.7. The second-order valence-corrected chi connectivity index (χ2v) is 10.6. The minimum atomic E-state index is -4.47. The van der Waals surface area contributed by atoms with E-state index in [9.17, 15) is 22.8 Å². The molecule has 3 heterocycles. The van der Waals surface area contributed by atoms with E-state index in [1.807, 2.05) is 18.2 Å². The zero-order valence-corrected chi connectivity index (χ0v) is 20.9. The van der Waals surface area contributed by atoms with Crippen LogP contribution in [0, 0.1) is 11.3 Å². The molecule has 9 heteroatoms. The van der Waals surface area contributed by atoms with E-state index in [4.69, 9.17) is 0 Å². The van der Waals surface area contributed by atoms with Gasteiger partial charge in [-0.1, -0.05) is 31.4 Å². The number of fused-ring (bicyclic) bond motifs is 1. The van der Waals surface area contributed by atoms with Gasteiger partial charge in [0.05, 0.1) is 16.5 Å². The summed E-state index contributed by atoms with van der Waals surface area (Å²) in [5.41, 5.74) is 0.838. The highest BCUT2D eigenvalue weighted by Crippen LogP contribution is 2.43. The van der Waals surface area contributed by atoms with Crippen LogP contribution in [-0.2, 0) is 31.1 Å². The number of aromatic nitrogens is 2. The summed E-state index contributed by atoms with van der Waals surface area (Å²) >= 11 is 0. The maximum atomic E-state index is 13.5. The number of alkyl halides is 3. The van der Waals surface area contributed by atoms with Crippen LogP contribution >= 0.6 is 0 Å². The van der Waals surface area contributed by atoms with Gasteiger partial charge in [0.1, 0.15) is 0 Å². The van der Waals surface area contributed by atoms with Gasteiger partial charge in [-0.2, -0.15) is 13.2 Å². The summed E-state index contributed by atoms with van der Waals surface area (Å²) in [6.07, 6.45) is 2.60. The average molecular weight is 513 g/mol. The van der Waals surface area contributed by atoms with Crippen molar-refractivity contribution >= 4 is 16.8 Å². The lowest BCUT2D eigenvalue weighted by Gasteiger charge is -2.36. The molecule has 0 bridgehead atoms. The fraction of sp³-hybridized carbons (Fsp3) is 0.464. The summed E-state index contributed by atoms with van der Waals surface area (Å²) in [6.45, 7) is 2.04. The molecule has 5 rings (SSSR count). The van der Waals surface area contributed by atoms with E-state index in [1.165, 1.54) is 12.6 Å². The van der Waals surface area contributed by atoms with Crippen molar-refractivity contribution in [2.24, 2.45) is 18.4 Å². The van der Waals surface area contributed by atoms with Crippen molar-refractivity contribution in [2.45, 2.75) is 51.4 Å². The largest absolute Gasteiger partial charge is 0.417 e. The Bertz CT molecular complexity index is 1370. The van der Waals surface area contributed by atoms with Crippen LogP contribution in [0.1, 0.15) is 48.8 Å². The minimum absolute atomic E-state index is 0.0148. The number of nitrogens with zero attached hydrogens (tertiary/aromatic N) is 3. The molecule has 1 N–H and O–H groups in total. The van der Waals surface area contributed by atoms with Gasteiger partial charge >= 0.3 is 6.18 Å². The number of pyridine rings is 2. The lowest BCUT2D eigenvalue weighted by atomic mass is 9.70. The quantitative estimate of drug-likeness (QED) is 0.501. The molecule has 2 aromatic heterocycles. The molecule has 1 saturated heterocycles. The zero-order chi connectivity index (χ0) is 26.2. The van der Waals surface area contributed by atoms with Crippen LogP contribution in [0.15, 0.2) is 53.6 Å². The SMILES string of the molecule is Cn1c(=O)ccc2ccc(CN3CCC(CC4CCC4)(C(=O)NCc4cncc(C(F)(F)F)c4)C3)cc21. The van der Waals surface area contributed by atoms with Crippen molar-refractivity contribution in [3.8, 4) is 0 Å². The van der Waals surface area contributed by atoms with E-state index in [2.05, 4.69) is 21.3 Å². The van der Waals surface area contributed by atoms with Crippen LogP contribution in [0.4, 0.5) is 13.2 Å². The maximum Gasteiger partial charge on any atom is 0.417 e. The molecule has 3 aromatic rings. The lowest BCUT2D eigenvalue weighted by Crippen LogP contribution is -2.44. The minimum Gasteiger partial charge on any atom is -0.351 e. The van der Waals surface area contributed by atoms with E-state index in [0.29, 0.717) is 31.0 Å². The normalized spacial score (nSPS) is 20.8. The fourth-order valence-electron chi connectivity index (χ4n) is 5.67. The van der Waals surface area contributed by atoms with Gasteiger partial charge in [0.25, 0.3) is 5.56 Å². The predicted molar refractivity (Wildman–Crippen MR) is 135 cm³/mol. The molecular weight excluding hydrogens is 481 g/mol. The van der Waals surface area contributed by atoms with E-state index in [0.717, 1.165) is 54.5 Å². The van der Waals surface area contributed by atoms with E-state index in [1.54, 1.807) is 17.7 Å². The van der Waals surface area contributed by atoms with Crippen molar-refractivity contribution in [3.05, 3.63) is 75.8 Å². The first-order chi connectivity index (χ1) is 17.6. The molecule has 1 atom stereocenters. The van der Waals surface area contributed by atoms with Crippen molar-refractivity contribution in [1.29, 1.82) is 0 Å². The Labute approximate surface area is 213 Å². The van der Waals surface area contributed by atoms with Gasteiger partial charge in [-0.15, -0.1) is 0 Å². The van der Waals surface area contributed by atoms with Crippen LogP contribution in [0.25, 0.3) is 10.9 Å². The summed E-state index contributed by atoms with van der Waals surface area (Å²) < 4.78 is 40.8. The number of hydrogen-bond acceptors (Lipinski definition) is 4. The Morgan fingerprint density at radius 2 is 1.92 bits per heavy atom. The molecule has 1 unspecified atom stereocenters. The molecule has 37 heavy (non-hydrogen) atoms. The predicted octanol–water partition coefficient (Wildman–Crippen LogP) is 4.65. The molecule has 1 aromatic carbocycles. The summed E-state index contributed by atoms with van der Waals surface area (Å²) in [7, 11) is 1.76. The Morgan fingerprint density at radius 3 is 2.65 bits per heavy atom. The molecule has 6 nitrogen and oxygen atoms in total. The number of likely N-dealkylation sites (tertiary alicyclic amines) is 1. The van der Waals surface area contributed by atoms with E-state index in [-0.39, 0.29) is 18.0 Å². The van der Waals surface area contributed by atoms with E-state index < -0.39 is 17.2 Å².